The normalized spacial score (nSPS) is 12.3. The summed E-state index contributed by atoms with van der Waals surface area (Å²) in [5, 5.41) is 1.71. The first-order chi connectivity index (χ1) is 13.5. The summed E-state index contributed by atoms with van der Waals surface area (Å²) in [6.07, 6.45) is 0. The molecule has 0 aliphatic heterocycles. The fourth-order valence-corrected chi connectivity index (χ4v) is 5.15. The Kier molecular flexibility index (Phi) is 4.81. The van der Waals surface area contributed by atoms with Crippen LogP contribution in [0.3, 0.4) is 0 Å². The molecular formula is C22H12F5S+. The molecule has 4 rings (SSSR count). The largest absolute Gasteiger partial charge is 0.243 e. The van der Waals surface area contributed by atoms with Crippen molar-refractivity contribution in [3.8, 4) is 0 Å². The summed E-state index contributed by atoms with van der Waals surface area (Å²) >= 11 is 0. The first-order valence-corrected chi connectivity index (χ1v) is 9.51. The molecule has 0 N–H and O–H groups in total. The zero-order chi connectivity index (χ0) is 19.8. The van der Waals surface area contributed by atoms with Gasteiger partial charge in [-0.3, -0.25) is 0 Å². The first kappa shape index (κ1) is 18.5. The first-order valence-electron chi connectivity index (χ1n) is 8.28. The van der Waals surface area contributed by atoms with E-state index in [-0.39, 0.29) is 0 Å². The van der Waals surface area contributed by atoms with Crippen molar-refractivity contribution in [2.45, 2.75) is 14.7 Å². The Morgan fingerprint density at radius 3 is 1.64 bits per heavy atom. The van der Waals surface area contributed by atoms with Crippen LogP contribution in [0.5, 0.6) is 0 Å². The molecule has 140 valence electrons. The molecule has 6 heteroatoms. The summed E-state index contributed by atoms with van der Waals surface area (Å²) in [6.45, 7) is 0. The van der Waals surface area contributed by atoms with Crippen molar-refractivity contribution >= 4 is 21.7 Å². The number of benzene rings is 4. The van der Waals surface area contributed by atoms with Crippen molar-refractivity contribution in [1.82, 2.24) is 0 Å². The van der Waals surface area contributed by atoms with Crippen molar-refractivity contribution in [3.05, 3.63) is 102 Å². The van der Waals surface area contributed by atoms with E-state index in [1.807, 2.05) is 24.3 Å². The van der Waals surface area contributed by atoms with Gasteiger partial charge >= 0.3 is 0 Å². The second-order valence-electron chi connectivity index (χ2n) is 6.03. The van der Waals surface area contributed by atoms with Crippen molar-refractivity contribution < 1.29 is 22.0 Å². The third-order valence-corrected chi connectivity index (χ3v) is 6.54. The predicted octanol–water partition coefficient (Wildman–Crippen LogP) is 6.63. The van der Waals surface area contributed by atoms with E-state index in [4.69, 9.17) is 0 Å². The Morgan fingerprint density at radius 2 is 1.00 bits per heavy atom. The zero-order valence-corrected chi connectivity index (χ0v) is 15.0. The van der Waals surface area contributed by atoms with Gasteiger partial charge in [-0.05, 0) is 35.0 Å². The van der Waals surface area contributed by atoms with E-state index in [0.717, 1.165) is 10.8 Å². The Bertz CT molecular complexity index is 1150. The van der Waals surface area contributed by atoms with Gasteiger partial charge in [0, 0.05) is 6.07 Å². The van der Waals surface area contributed by atoms with Gasteiger partial charge in [-0.2, -0.15) is 8.78 Å². The standard InChI is InChI=1S/C22H12F5S/c23-17-18(24)20(26)22(21(27)19(17)25)28(15-8-2-1-3-9-15)16-11-10-13-6-4-5-7-14(13)12-16/h1-12H/q+1. The second kappa shape index (κ2) is 7.28. The predicted molar refractivity (Wildman–Crippen MR) is 98.8 cm³/mol. The molecule has 0 nitrogen and oxygen atoms in total. The van der Waals surface area contributed by atoms with Crippen LogP contribution in [-0.2, 0) is 10.9 Å². The van der Waals surface area contributed by atoms with E-state index in [1.165, 1.54) is 0 Å². The lowest BCUT2D eigenvalue weighted by molar-refractivity contribution is 0.360. The molecule has 0 bridgehead atoms. The van der Waals surface area contributed by atoms with Gasteiger partial charge in [0.25, 0.3) is 0 Å². The van der Waals surface area contributed by atoms with Gasteiger partial charge in [0.05, 0.1) is 0 Å². The lowest BCUT2D eigenvalue weighted by Gasteiger charge is -2.11. The molecule has 0 fully saturated rings. The maximum atomic E-state index is 14.6. The van der Waals surface area contributed by atoms with Gasteiger partial charge in [-0.25, -0.2) is 13.2 Å². The van der Waals surface area contributed by atoms with Crippen LogP contribution in [0.2, 0.25) is 0 Å². The summed E-state index contributed by atoms with van der Waals surface area (Å²) < 4.78 is 70.6. The topological polar surface area (TPSA) is 0 Å². The number of hydrogen-bond acceptors (Lipinski definition) is 0. The van der Waals surface area contributed by atoms with E-state index in [2.05, 4.69) is 0 Å². The van der Waals surface area contributed by atoms with Gasteiger partial charge in [-0.1, -0.05) is 42.5 Å². The van der Waals surface area contributed by atoms with Crippen molar-refractivity contribution in [1.29, 1.82) is 0 Å². The number of fused-ring (bicyclic) bond motifs is 1. The summed E-state index contributed by atoms with van der Waals surface area (Å²) in [5.74, 6) is -9.66. The molecule has 0 amide bonds. The molecular weight excluding hydrogens is 391 g/mol. The van der Waals surface area contributed by atoms with E-state index >= 15 is 0 Å². The molecule has 0 heterocycles. The third-order valence-electron chi connectivity index (χ3n) is 4.31. The molecule has 0 radical (unpaired) electrons. The van der Waals surface area contributed by atoms with E-state index in [0.29, 0.717) is 9.79 Å². The molecule has 4 aromatic carbocycles. The molecule has 4 aromatic rings. The Labute approximate surface area is 160 Å². The minimum Gasteiger partial charge on any atom is -0.200 e. The van der Waals surface area contributed by atoms with Gasteiger partial charge in [0.2, 0.25) is 34.0 Å². The number of hydrogen-bond donors (Lipinski definition) is 0. The monoisotopic (exact) mass is 403 g/mol. The zero-order valence-electron chi connectivity index (χ0n) is 14.2. The highest BCUT2D eigenvalue weighted by Gasteiger charge is 2.40. The smallest absolute Gasteiger partial charge is 0.200 e. The fourth-order valence-electron chi connectivity index (χ4n) is 2.99. The lowest BCUT2D eigenvalue weighted by atomic mass is 10.1. The maximum Gasteiger partial charge on any atom is 0.243 e. The van der Waals surface area contributed by atoms with E-state index < -0.39 is 44.9 Å². The van der Waals surface area contributed by atoms with Crippen molar-refractivity contribution in [2.75, 3.05) is 0 Å². The molecule has 1 unspecified atom stereocenters. The highest BCUT2D eigenvalue weighted by Crippen LogP contribution is 2.38. The fraction of sp³-hybridized carbons (Fsp3) is 0. The number of rotatable bonds is 3. The minimum atomic E-state index is -2.16. The van der Waals surface area contributed by atoms with Crippen molar-refractivity contribution in [2.24, 2.45) is 0 Å². The summed E-state index contributed by atoms with van der Waals surface area (Å²) in [6, 6.07) is 20.7. The summed E-state index contributed by atoms with van der Waals surface area (Å²) in [5.41, 5.74) is 0. The Hall–Kier alpha value is -2.86. The summed E-state index contributed by atoms with van der Waals surface area (Å²) in [4.78, 5) is 0.0620. The highest BCUT2D eigenvalue weighted by molar-refractivity contribution is 7.97. The molecule has 0 aliphatic carbocycles. The van der Waals surface area contributed by atoms with E-state index in [9.17, 15) is 22.0 Å². The maximum absolute atomic E-state index is 14.6. The highest BCUT2D eigenvalue weighted by atomic mass is 32.2. The molecule has 1 atom stereocenters. The molecule has 0 aliphatic rings. The van der Waals surface area contributed by atoms with Crippen LogP contribution in [0, 0.1) is 29.1 Å². The van der Waals surface area contributed by atoms with Gasteiger partial charge in [-0.15, -0.1) is 0 Å². The quantitative estimate of drug-likeness (QED) is 0.156. The van der Waals surface area contributed by atoms with E-state index in [1.54, 1.807) is 48.5 Å². The van der Waals surface area contributed by atoms with Crippen LogP contribution < -0.4 is 0 Å². The summed E-state index contributed by atoms with van der Waals surface area (Å²) in [7, 11) is -1.52. The third kappa shape index (κ3) is 3.03. The minimum absolute atomic E-state index is 0.445. The number of halogens is 5. The lowest BCUT2D eigenvalue weighted by Crippen LogP contribution is -2.14. The average Bonchev–Trinajstić information content (AvgIpc) is 2.74. The molecule has 0 saturated carbocycles. The van der Waals surface area contributed by atoms with Crippen LogP contribution in [-0.4, -0.2) is 0 Å². The van der Waals surface area contributed by atoms with Gasteiger partial charge in [0.15, 0.2) is 9.79 Å². The van der Waals surface area contributed by atoms with Gasteiger partial charge in [0.1, 0.15) is 10.9 Å². The molecule has 0 aromatic heterocycles. The average molecular weight is 403 g/mol. The van der Waals surface area contributed by atoms with Crippen LogP contribution in [0.25, 0.3) is 10.8 Å². The van der Waals surface area contributed by atoms with Gasteiger partial charge < -0.3 is 0 Å². The van der Waals surface area contributed by atoms with Crippen LogP contribution in [0.15, 0.2) is 87.5 Å². The molecule has 0 saturated heterocycles. The second-order valence-corrected chi connectivity index (χ2v) is 7.99. The Morgan fingerprint density at radius 1 is 0.464 bits per heavy atom. The van der Waals surface area contributed by atoms with Crippen LogP contribution in [0.1, 0.15) is 0 Å². The van der Waals surface area contributed by atoms with Crippen LogP contribution >= 0.6 is 0 Å². The molecule has 28 heavy (non-hydrogen) atoms. The van der Waals surface area contributed by atoms with Crippen LogP contribution in [0.4, 0.5) is 22.0 Å². The molecule has 0 spiro atoms. The van der Waals surface area contributed by atoms with Crippen molar-refractivity contribution in [3.63, 3.8) is 0 Å². The SMILES string of the molecule is Fc1c(F)c(F)c([S+](c2ccccc2)c2ccc3ccccc3c2)c(F)c1F. The Balaban J connectivity index is 2.03.